The summed E-state index contributed by atoms with van der Waals surface area (Å²) < 4.78 is 12.8. The van der Waals surface area contributed by atoms with E-state index < -0.39 is 5.82 Å². The minimum Gasteiger partial charge on any atom is -0.352 e. The Morgan fingerprint density at radius 2 is 2.12 bits per heavy atom. The molecule has 0 radical (unpaired) electrons. The largest absolute Gasteiger partial charge is 0.352 e. The summed E-state index contributed by atoms with van der Waals surface area (Å²) in [5.41, 5.74) is 0.361. The monoisotopic (exact) mass is 246 g/mol. The fourth-order valence-electron chi connectivity index (χ4n) is 1.20. The van der Waals surface area contributed by atoms with Gasteiger partial charge >= 0.3 is 0 Å². The van der Waals surface area contributed by atoms with Gasteiger partial charge in [-0.2, -0.15) is 0 Å². The minimum absolute atomic E-state index is 0. The molecule has 2 N–H and O–H groups in total. The standard InChI is InChI=1S/C11H15FN2O.ClH/c1-13-6-3-7-14-11(15)9-4-2-5-10(12)8-9;/h2,4-5,8,13H,3,6-7H2,1H3,(H,14,15);1H. The number of nitrogens with one attached hydrogen (secondary N) is 2. The van der Waals surface area contributed by atoms with Crippen molar-refractivity contribution in [2.45, 2.75) is 6.42 Å². The van der Waals surface area contributed by atoms with Crippen LogP contribution in [0.4, 0.5) is 4.39 Å². The average molecular weight is 247 g/mol. The first-order chi connectivity index (χ1) is 7.24. The number of rotatable bonds is 5. The molecule has 0 saturated carbocycles. The Morgan fingerprint density at radius 1 is 1.38 bits per heavy atom. The maximum Gasteiger partial charge on any atom is 0.251 e. The van der Waals surface area contributed by atoms with Gasteiger partial charge in [0.2, 0.25) is 0 Å². The van der Waals surface area contributed by atoms with E-state index in [1.807, 2.05) is 7.05 Å². The lowest BCUT2D eigenvalue weighted by Crippen LogP contribution is -2.26. The van der Waals surface area contributed by atoms with E-state index in [-0.39, 0.29) is 18.3 Å². The van der Waals surface area contributed by atoms with Gasteiger partial charge in [-0.05, 0) is 38.2 Å². The summed E-state index contributed by atoms with van der Waals surface area (Å²) >= 11 is 0. The van der Waals surface area contributed by atoms with E-state index in [2.05, 4.69) is 10.6 Å². The highest BCUT2D eigenvalue weighted by Gasteiger charge is 2.04. The Balaban J connectivity index is 0.00000225. The molecule has 1 aromatic carbocycles. The van der Waals surface area contributed by atoms with E-state index in [0.29, 0.717) is 12.1 Å². The molecule has 0 spiro atoms. The van der Waals surface area contributed by atoms with E-state index in [4.69, 9.17) is 0 Å². The molecule has 0 heterocycles. The van der Waals surface area contributed by atoms with Crippen molar-refractivity contribution >= 4 is 18.3 Å². The number of halogens is 2. The van der Waals surface area contributed by atoms with E-state index in [0.717, 1.165) is 13.0 Å². The second kappa shape index (κ2) is 8.07. The van der Waals surface area contributed by atoms with Gasteiger partial charge < -0.3 is 10.6 Å². The van der Waals surface area contributed by atoms with Gasteiger partial charge in [-0.1, -0.05) is 6.07 Å². The van der Waals surface area contributed by atoms with Crippen LogP contribution in [0.1, 0.15) is 16.8 Å². The molecular weight excluding hydrogens is 231 g/mol. The van der Waals surface area contributed by atoms with Gasteiger partial charge in [-0.25, -0.2) is 4.39 Å². The summed E-state index contributed by atoms with van der Waals surface area (Å²) in [4.78, 5) is 11.5. The number of hydrogen-bond donors (Lipinski definition) is 2. The molecule has 1 amide bonds. The maximum atomic E-state index is 12.8. The predicted octanol–water partition coefficient (Wildman–Crippen LogP) is 1.59. The zero-order valence-corrected chi connectivity index (χ0v) is 9.94. The number of hydrogen-bond acceptors (Lipinski definition) is 2. The summed E-state index contributed by atoms with van der Waals surface area (Å²) in [6, 6.07) is 5.67. The van der Waals surface area contributed by atoms with Crippen LogP contribution in [0.3, 0.4) is 0 Å². The van der Waals surface area contributed by atoms with Gasteiger partial charge in [0.25, 0.3) is 5.91 Å². The fourth-order valence-corrected chi connectivity index (χ4v) is 1.20. The van der Waals surface area contributed by atoms with Crippen molar-refractivity contribution in [2.75, 3.05) is 20.1 Å². The second-order valence-electron chi connectivity index (χ2n) is 3.22. The van der Waals surface area contributed by atoms with E-state index in [1.54, 1.807) is 6.07 Å². The molecule has 0 bridgehead atoms. The summed E-state index contributed by atoms with van der Waals surface area (Å²) in [7, 11) is 1.86. The normalized spacial score (nSPS) is 9.38. The third-order valence-corrected chi connectivity index (χ3v) is 1.98. The van der Waals surface area contributed by atoms with Gasteiger partial charge in [0.1, 0.15) is 5.82 Å². The third kappa shape index (κ3) is 5.09. The lowest BCUT2D eigenvalue weighted by atomic mass is 10.2. The number of amides is 1. The predicted molar refractivity (Wildman–Crippen MR) is 64.5 cm³/mol. The highest BCUT2D eigenvalue weighted by atomic mass is 35.5. The van der Waals surface area contributed by atoms with Crippen LogP contribution in [0, 0.1) is 5.82 Å². The Kier molecular flexibility index (Phi) is 7.50. The van der Waals surface area contributed by atoms with Crippen molar-refractivity contribution in [3.05, 3.63) is 35.6 Å². The zero-order valence-electron chi connectivity index (χ0n) is 9.13. The Hall–Kier alpha value is -1.13. The third-order valence-electron chi connectivity index (χ3n) is 1.98. The first-order valence-corrected chi connectivity index (χ1v) is 4.92. The van der Waals surface area contributed by atoms with Crippen molar-refractivity contribution in [2.24, 2.45) is 0 Å². The van der Waals surface area contributed by atoms with Crippen LogP contribution >= 0.6 is 12.4 Å². The highest BCUT2D eigenvalue weighted by molar-refractivity contribution is 5.94. The molecule has 1 aromatic rings. The molecule has 0 aliphatic rings. The molecule has 0 saturated heterocycles. The minimum atomic E-state index is -0.391. The SMILES string of the molecule is CNCCCNC(=O)c1cccc(F)c1.Cl. The van der Waals surface area contributed by atoms with Crippen LogP contribution in [0.2, 0.25) is 0 Å². The highest BCUT2D eigenvalue weighted by Crippen LogP contribution is 2.02. The molecule has 90 valence electrons. The molecule has 0 aliphatic heterocycles. The quantitative estimate of drug-likeness (QED) is 0.775. The van der Waals surface area contributed by atoms with Crippen LogP contribution in [-0.4, -0.2) is 26.0 Å². The second-order valence-corrected chi connectivity index (χ2v) is 3.22. The van der Waals surface area contributed by atoms with Gasteiger partial charge in [0, 0.05) is 12.1 Å². The van der Waals surface area contributed by atoms with Crippen LogP contribution < -0.4 is 10.6 Å². The molecule has 0 aliphatic carbocycles. The summed E-state index contributed by atoms with van der Waals surface area (Å²) in [5.74, 6) is -0.622. The van der Waals surface area contributed by atoms with Crippen LogP contribution in [0.15, 0.2) is 24.3 Å². The maximum absolute atomic E-state index is 12.8. The first-order valence-electron chi connectivity index (χ1n) is 4.92. The van der Waals surface area contributed by atoms with Crippen LogP contribution in [0.5, 0.6) is 0 Å². The van der Waals surface area contributed by atoms with Crippen molar-refractivity contribution in [1.82, 2.24) is 10.6 Å². The number of benzene rings is 1. The zero-order chi connectivity index (χ0) is 11.1. The van der Waals surface area contributed by atoms with Crippen molar-refractivity contribution in [1.29, 1.82) is 0 Å². The molecule has 0 unspecified atom stereocenters. The smallest absolute Gasteiger partial charge is 0.251 e. The van der Waals surface area contributed by atoms with E-state index in [1.165, 1.54) is 18.2 Å². The molecule has 5 heteroatoms. The Bertz CT molecular complexity index is 334. The van der Waals surface area contributed by atoms with Crippen LogP contribution in [-0.2, 0) is 0 Å². The van der Waals surface area contributed by atoms with Crippen LogP contribution in [0.25, 0.3) is 0 Å². The van der Waals surface area contributed by atoms with Gasteiger partial charge in [0.05, 0.1) is 0 Å². The fraction of sp³-hybridized carbons (Fsp3) is 0.364. The van der Waals surface area contributed by atoms with Gasteiger partial charge in [-0.15, -0.1) is 12.4 Å². The molecule has 3 nitrogen and oxygen atoms in total. The number of carbonyl (C=O) groups excluding carboxylic acids is 1. The molecule has 0 fully saturated rings. The summed E-state index contributed by atoms with van der Waals surface area (Å²) in [5, 5.41) is 5.69. The van der Waals surface area contributed by atoms with E-state index >= 15 is 0 Å². The number of carbonyl (C=O) groups is 1. The van der Waals surface area contributed by atoms with Gasteiger partial charge in [0.15, 0.2) is 0 Å². The van der Waals surface area contributed by atoms with E-state index in [9.17, 15) is 9.18 Å². The lowest BCUT2D eigenvalue weighted by molar-refractivity contribution is 0.0953. The lowest BCUT2D eigenvalue weighted by Gasteiger charge is -2.04. The molecule has 0 atom stereocenters. The Labute approximate surface area is 101 Å². The first kappa shape index (κ1) is 14.9. The van der Waals surface area contributed by atoms with Crippen molar-refractivity contribution in [3.63, 3.8) is 0 Å². The molecular formula is C11H16ClFN2O. The molecule has 0 aromatic heterocycles. The molecule has 1 rings (SSSR count). The topological polar surface area (TPSA) is 41.1 Å². The summed E-state index contributed by atoms with van der Waals surface area (Å²) in [6.07, 6.45) is 0.859. The summed E-state index contributed by atoms with van der Waals surface area (Å²) in [6.45, 7) is 1.44. The van der Waals surface area contributed by atoms with Crippen molar-refractivity contribution < 1.29 is 9.18 Å². The van der Waals surface area contributed by atoms with Gasteiger partial charge in [-0.3, -0.25) is 4.79 Å². The average Bonchev–Trinajstić information content (AvgIpc) is 2.24. The Morgan fingerprint density at radius 3 is 2.75 bits per heavy atom. The van der Waals surface area contributed by atoms with Crippen molar-refractivity contribution in [3.8, 4) is 0 Å². The molecule has 16 heavy (non-hydrogen) atoms.